The second kappa shape index (κ2) is 16.6. The molecule has 0 amide bonds. The minimum Gasteiger partial charge on any atom is -0.457 e. The van der Waals surface area contributed by atoms with Crippen LogP contribution in [-0.4, -0.2) is 75.5 Å². The van der Waals surface area contributed by atoms with Gasteiger partial charge in [-0.05, 0) is 57.1 Å². The summed E-state index contributed by atoms with van der Waals surface area (Å²) in [6.07, 6.45) is 12.4. The van der Waals surface area contributed by atoms with Gasteiger partial charge in [0, 0.05) is 40.1 Å². The molecule has 8 heteroatoms. The number of cyclic esters (lactones) is 1. The van der Waals surface area contributed by atoms with Gasteiger partial charge < -0.3 is 28.4 Å². The van der Waals surface area contributed by atoms with Crippen LogP contribution >= 0.6 is 0 Å². The summed E-state index contributed by atoms with van der Waals surface area (Å²) in [7, 11) is 4.96. The average Bonchev–Trinajstić information content (AvgIpc) is 3.70. The van der Waals surface area contributed by atoms with Crippen molar-refractivity contribution in [1.82, 2.24) is 0 Å². The van der Waals surface area contributed by atoms with Gasteiger partial charge in [-0.1, -0.05) is 52.0 Å². The minimum absolute atomic E-state index is 0.130. The zero-order valence-corrected chi connectivity index (χ0v) is 26.9. The maximum atomic E-state index is 13.0. The summed E-state index contributed by atoms with van der Waals surface area (Å²) in [5.74, 6) is -0.159. The average molecular weight is 579 g/mol. The van der Waals surface area contributed by atoms with E-state index in [1.165, 1.54) is 6.92 Å². The first-order chi connectivity index (χ1) is 19.4. The number of allylic oxidation sites excluding steroid dienone is 3. The molecule has 0 aromatic heterocycles. The largest absolute Gasteiger partial charge is 0.457 e. The molecule has 41 heavy (non-hydrogen) atoms. The number of hydrogen-bond donors (Lipinski definition) is 0. The Morgan fingerprint density at radius 3 is 2.49 bits per heavy atom. The minimum atomic E-state index is -0.774. The summed E-state index contributed by atoms with van der Waals surface area (Å²) in [6, 6.07) is 0. The maximum Gasteiger partial charge on any atom is 0.309 e. The van der Waals surface area contributed by atoms with Crippen molar-refractivity contribution < 1.29 is 38.0 Å². The van der Waals surface area contributed by atoms with Crippen LogP contribution in [0.25, 0.3) is 0 Å². The summed E-state index contributed by atoms with van der Waals surface area (Å²) in [4.78, 5) is 24.9. The van der Waals surface area contributed by atoms with Crippen molar-refractivity contribution in [2.45, 2.75) is 123 Å². The number of rotatable bonds is 12. The molecule has 2 aliphatic heterocycles. The highest BCUT2D eigenvalue weighted by atomic mass is 16.6. The number of carbonyl (C=O) groups is 2. The Labute approximate surface area is 247 Å². The Hall–Kier alpha value is -2.00. The third-order valence-corrected chi connectivity index (χ3v) is 8.66. The van der Waals surface area contributed by atoms with E-state index in [1.807, 2.05) is 45.1 Å². The van der Waals surface area contributed by atoms with Crippen LogP contribution in [-0.2, 0) is 38.0 Å². The molecule has 0 aromatic carbocycles. The van der Waals surface area contributed by atoms with Gasteiger partial charge in [0.05, 0.1) is 30.8 Å². The summed E-state index contributed by atoms with van der Waals surface area (Å²) in [5, 5.41) is 0. The maximum absolute atomic E-state index is 13.0. The Balaban J connectivity index is 2.18. The van der Waals surface area contributed by atoms with Crippen molar-refractivity contribution in [3.8, 4) is 0 Å². The summed E-state index contributed by atoms with van der Waals surface area (Å²) in [6.45, 7) is 13.8. The molecule has 2 aliphatic rings. The molecule has 1 saturated heterocycles. The summed E-state index contributed by atoms with van der Waals surface area (Å²) in [5.41, 5.74) is 0.146. The van der Waals surface area contributed by atoms with Gasteiger partial charge in [-0.3, -0.25) is 9.59 Å². The lowest BCUT2D eigenvalue weighted by molar-refractivity contribution is -0.161. The van der Waals surface area contributed by atoms with Crippen LogP contribution < -0.4 is 0 Å². The van der Waals surface area contributed by atoms with Crippen molar-refractivity contribution in [3.05, 3.63) is 36.0 Å². The van der Waals surface area contributed by atoms with Gasteiger partial charge in [0.2, 0.25) is 0 Å². The topological polar surface area (TPSA) is 92.8 Å². The van der Waals surface area contributed by atoms with Crippen LogP contribution in [0.1, 0.15) is 80.6 Å². The van der Waals surface area contributed by atoms with Crippen molar-refractivity contribution >= 4 is 11.9 Å². The van der Waals surface area contributed by atoms with Crippen molar-refractivity contribution in [1.29, 1.82) is 0 Å². The van der Waals surface area contributed by atoms with E-state index < -0.39 is 17.8 Å². The number of epoxide rings is 1. The quantitative estimate of drug-likeness (QED) is 0.121. The lowest BCUT2D eigenvalue weighted by atomic mass is 9.88. The standard InChI is InChI=1S/C33H54O8/c1-11-27(37-9)24(5)32-28(40-32)19-21(2)13-12-14-22(3)31-23(4)15-16-29(39-25(6)34)33(7,38-10)18-17-26(36-8)20-30(35)41-31/h12-16,21,23-24,26-29,31-32H,11,17-20H2,1-10H3/b13-12+,16-15+,22-14+. The third kappa shape index (κ3) is 10.7. The molecular weight excluding hydrogens is 524 g/mol. The van der Waals surface area contributed by atoms with E-state index >= 15 is 0 Å². The highest BCUT2D eigenvalue weighted by molar-refractivity contribution is 5.70. The predicted octanol–water partition coefficient (Wildman–Crippen LogP) is 5.98. The molecule has 0 aliphatic carbocycles. The van der Waals surface area contributed by atoms with Gasteiger partial charge in [0.15, 0.2) is 0 Å². The van der Waals surface area contributed by atoms with Crippen LogP contribution in [0.5, 0.6) is 0 Å². The molecule has 0 N–H and O–H groups in total. The lowest BCUT2D eigenvalue weighted by Gasteiger charge is -2.36. The second-order valence-corrected chi connectivity index (χ2v) is 12.0. The van der Waals surface area contributed by atoms with Gasteiger partial charge in [0.1, 0.15) is 17.8 Å². The Kier molecular flexibility index (Phi) is 14.2. The monoisotopic (exact) mass is 578 g/mol. The predicted molar refractivity (Wildman–Crippen MR) is 159 cm³/mol. The molecule has 234 valence electrons. The van der Waals surface area contributed by atoms with E-state index in [-0.39, 0.29) is 48.7 Å². The smallest absolute Gasteiger partial charge is 0.309 e. The molecule has 0 bridgehead atoms. The van der Waals surface area contributed by atoms with Gasteiger partial charge in [-0.25, -0.2) is 0 Å². The second-order valence-electron chi connectivity index (χ2n) is 12.0. The van der Waals surface area contributed by atoms with Crippen LogP contribution in [0.2, 0.25) is 0 Å². The molecular formula is C33H54O8. The van der Waals surface area contributed by atoms with Crippen LogP contribution in [0.4, 0.5) is 0 Å². The Morgan fingerprint density at radius 1 is 1.20 bits per heavy atom. The number of carbonyl (C=O) groups excluding carboxylic acids is 2. The zero-order chi connectivity index (χ0) is 30.7. The zero-order valence-electron chi connectivity index (χ0n) is 26.9. The van der Waals surface area contributed by atoms with Gasteiger partial charge in [-0.15, -0.1) is 0 Å². The molecule has 0 radical (unpaired) electrons. The molecule has 2 heterocycles. The molecule has 2 rings (SSSR count). The summed E-state index contributed by atoms with van der Waals surface area (Å²) < 4.78 is 34.7. The normalized spacial score (nSPS) is 34.6. The first kappa shape index (κ1) is 35.2. The van der Waals surface area contributed by atoms with E-state index in [0.29, 0.717) is 24.7 Å². The molecule has 10 unspecified atom stereocenters. The highest BCUT2D eigenvalue weighted by Gasteiger charge is 2.45. The van der Waals surface area contributed by atoms with Crippen molar-refractivity contribution in [2.75, 3.05) is 21.3 Å². The first-order valence-electron chi connectivity index (χ1n) is 15.0. The lowest BCUT2D eigenvalue weighted by Crippen LogP contribution is -2.44. The highest BCUT2D eigenvalue weighted by Crippen LogP contribution is 2.37. The fourth-order valence-electron chi connectivity index (χ4n) is 5.74. The van der Waals surface area contributed by atoms with Gasteiger partial charge in [-0.2, -0.15) is 0 Å². The molecule has 0 aromatic rings. The van der Waals surface area contributed by atoms with E-state index in [0.717, 1.165) is 18.4 Å². The molecule has 8 nitrogen and oxygen atoms in total. The van der Waals surface area contributed by atoms with Crippen LogP contribution in [0.15, 0.2) is 36.0 Å². The van der Waals surface area contributed by atoms with Crippen molar-refractivity contribution in [3.63, 3.8) is 0 Å². The number of esters is 2. The summed E-state index contributed by atoms with van der Waals surface area (Å²) >= 11 is 0. The Morgan fingerprint density at radius 2 is 1.90 bits per heavy atom. The molecule has 10 atom stereocenters. The van der Waals surface area contributed by atoms with Crippen molar-refractivity contribution in [2.24, 2.45) is 17.8 Å². The van der Waals surface area contributed by atoms with Crippen LogP contribution in [0.3, 0.4) is 0 Å². The number of ether oxygens (including phenoxy) is 6. The third-order valence-electron chi connectivity index (χ3n) is 8.66. The Bertz CT molecular complexity index is 922. The fourth-order valence-corrected chi connectivity index (χ4v) is 5.74. The van der Waals surface area contributed by atoms with E-state index in [1.54, 1.807) is 21.3 Å². The van der Waals surface area contributed by atoms with E-state index in [9.17, 15) is 9.59 Å². The first-order valence-corrected chi connectivity index (χ1v) is 15.0. The molecule has 0 saturated carbocycles. The molecule has 0 spiro atoms. The SMILES string of the molecule is CCC(OC)C(C)C1OC1CC(C)/C=C/C=C(\C)C1OC(=O)CC(OC)CCC(C)(OC)C(OC(C)=O)/C=C/C1C. The number of methoxy groups -OCH3 is 3. The van der Waals surface area contributed by atoms with Gasteiger partial charge in [0.25, 0.3) is 0 Å². The number of hydrogen-bond acceptors (Lipinski definition) is 8. The molecule has 1 fully saturated rings. The van der Waals surface area contributed by atoms with Gasteiger partial charge >= 0.3 is 11.9 Å². The van der Waals surface area contributed by atoms with E-state index in [4.69, 9.17) is 28.4 Å². The fraction of sp³-hybridized carbons (Fsp3) is 0.758. The van der Waals surface area contributed by atoms with Crippen LogP contribution in [0, 0.1) is 17.8 Å². The van der Waals surface area contributed by atoms with E-state index in [2.05, 4.69) is 26.8 Å².